The maximum Gasteiger partial charge on any atom is 0.241 e. The normalized spacial score (nSPS) is 12.4. The molecule has 0 aliphatic rings. The number of halogens is 2. The van der Waals surface area contributed by atoms with Crippen molar-refractivity contribution >= 4 is 49.1 Å². The molecule has 0 aliphatic carbocycles. The molecule has 0 fully saturated rings. The van der Waals surface area contributed by atoms with E-state index in [0.29, 0.717) is 20.7 Å². The zero-order chi connectivity index (χ0) is 21.7. The van der Waals surface area contributed by atoms with Crippen LogP contribution in [-0.2, 0) is 14.8 Å². The molecule has 3 rings (SSSR count). The Kier molecular flexibility index (Phi) is 7.31. The molecular formula is C22H20BrClN2O3S. The van der Waals surface area contributed by atoms with Gasteiger partial charge < -0.3 is 5.32 Å². The van der Waals surface area contributed by atoms with E-state index >= 15 is 0 Å². The van der Waals surface area contributed by atoms with Crippen LogP contribution in [0.25, 0.3) is 0 Å². The second kappa shape index (κ2) is 9.75. The highest BCUT2D eigenvalue weighted by molar-refractivity contribution is 9.10. The van der Waals surface area contributed by atoms with Crippen LogP contribution in [-0.4, -0.2) is 14.3 Å². The highest BCUT2D eigenvalue weighted by atomic mass is 79.9. The highest BCUT2D eigenvalue weighted by Crippen LogP contribution is 2.26. The van der Waals surface area contributed by atoms with E-state index in [0.717, 1.165) is 5.56 Å². The summed E-state index contributed by atoms with van der Waals surface area (Å²) in [6.45, 7) is 1.88. The first-order valence-electron chi connectivity index (χ1n) is 9.13. The Bertz CT molecular complexity index is 1140. The van der Waals surface area contributed by atoms with Crippen molar-refractivity contribution in [1.29, 1.82) is 0 Å². The lowest BCUT2D eigenvalue weighted by molar-refractivity contribution is -0.116. The highest BCUT2D eigenvalue weighted by Gasteiger charge is 2.24. The number of hydrogen-bond donors (Lipinski definition) is 2. The first-order chi connectivity index (χ1) is 14.2. The summed E-state index contributed by atoms with van der Waals surface area (Å²) in [5, 5.41) is 3.31. The number of nitrogens with one attached hydrogen (secondary N) is 2. The Morgan fingerprint density at radius 1 is 1.03 bits per heavy atom. The molecule has 0 aliphatic heterocycles. The maximum atomic E-state index is 12.9. The predicted octanol–water partition coefficient (Wildman–Crippen LogP) is 5.46. The van der Waals surface area contributed by atoms with Gasteiger partial charge >= 0.3 is 0 Å². The lowest BCUT2D eigenvalue weighted by Crippen LogP contribution is -2.31. The Hall–Kier alpha value is -2.19. The molecule has 1 atom stereocenters. The molecule has 3 aromatic carbocycles. The number of anilines is 1. The summed E-state index contributed by atoms with van der Waals surface area (Å²) in [6.07, 6.45) is -0.0741. The van der Waals surface area contributed by atoms with E-state index in [9.17, 15) is 13.2 Å². The van der Waals surface area contributed by atoms with Crippen LogP contribution in [0.2, 0.25) is 5.02 Å². The number of amides is 1. The predicted molar refractivity (Wildman–Crippen MR) is 123 cm³/mol. The van der Waals surface area contributed by atoms with E-state index in [-0.39, 0.29) is 17.2 Å². The molecule has 2 N–H and O–H groups in total. The maximum absolute atomic E-state index is 12.9. The monoisotopic (exact) mass is 506 g/mol. The van der Waals surface area contributed by atoms with Crippen molar-refractivity contribution in [2.45, 2.75) is 24.3 Å². The molecule has 0 unspecified atom stereocenters. The van der Waals surface area contributed by atoms with Gasteiger partial charge in [0.05, 0.1) is 16.0 Å². The number of hydrogen-bond acceptors (Lipinski definition) is 3. The Morgan fingerprint density at radius 2 is 1.70 bits per heavy atom. The molecule has 8 heteroatoms. The first kappa shape index (κ1) is 22.5. The third-order valence-electron chi connectivity index (χ3n) is 4.42. The molecule has 3 aromatic rings. The topological polar surface area (TPSA) is 75.3 Å². The van der Waals surface area contributed by atoms with Gasteiger partial charge in [-0.25, -0.2) is 13.1 Å². The summed E-state index contributed by atoms with van der Waals surface area (Å²) >= 11 is 9.31. The fourth-order valence-corrected chi connectivity index (χ4v) is 4.58. The van der Waals surface area contributed by atoms with Crippen LogP contribution in [0.4, 0.5) is 5.69 Å². The van der Waals surface area contributed by atoms with E-state index in [1.54, 1.807) is 66.7 Å². The number of rotatable bonds is 7. The van der Waals surface area contributed by atoms with Crippen LogP contribution < -0.4 is 10.0 Å². The smallest absolute Gasteiger partial charge is 0.241 e. The van der Waals surface area contributed by atoms with Crippen LogP contribution in [0.3, 0.4) is 0 Å². The summed E-state index contributed by atoms with van der Waals surface area (Å²) in [5.41, 5.74) is 2.21. The number of aryl methyl sites for hydroxylation is 1. The van der Waals surface area contributed by atoms with Gasteiger partial charge in [-0.15, -0.1) is 0 Å². The van der Waals surface area contributed by atoms with E-state index in [1.807, 2.05) is 13.0 Å². The molecule has 0 saturated heterocycles. The quantitative estimate of drug-likeness (QED) is 0.446. The van der Waals surface area contributed by atoms with Crippen molar-refractivity contribution in [3.8, 4) is 0 Å². The van der Waals surface area contributed by atoms with Gasteiger partial charge in [-0.2, -0.15) is 0 Å². The van der Waals surface area contributed by atoms with Crippen LogP contribution in [0.15, 0.2) is 82.2 Å². The van der Waals surface area contributed by atoms with Gasteiger partial charge in [0, 0.05) is 16.6 Å². The fourth-order valence-electron chi connectivity index (χ4n) is 2.86. The van der Waals surface area contributed by atoms with E-state index in [2.05, 4.69) is 26.0 Å². The number of sulfonamides is 1. The van der Waals surface area contributed by atoms with Crippen molar-refractivity contribution in [3.05, 3.63) is 93.4 Å². The zero-order valence-corrected chi connectivity index (χ0v) is 19.3. The average Bonchev–Trinajstić information content (AvgIpc) is 2.71. The minimum absolute atomic E-state index is 0.0741. The Morgan fingerprint density at radius 3 is 2.33 bits per heavy atom. The number of carbonyl (C=O) groups excluding carboxylic acids is 1. The SMILES string of the molecule is Cc1ccc(S(=O)(=O)N[C@@H](CC(=O)Nc2ccc(Cl)c(Br)c2)c2ccccc2)cc1. The van der Waals surface area contributed by atoms with Gasteiger partial charge in [-0.1, -0.05) is 59.6 Å². The standard InChI is InChI=1S/C22H20BrClN2O3S/c1-15-7-10-18(11-8-15)30(28,29)26-21(16-5-3-2-4-6-16)14-22(27)25-17-9-12-20(24)19(23)13-17/h2-13,21,26H,14H2,1H3,(H,25,27)/t21-/m0/s1. The van der Waals surface area contributed by atoms with Gasteiger partial charge in [0.2, 0.25) is 15.9 Å². The van der Waals surface area contributed by atoms with Crippen molar-refractivity contribution in [3.63, 3.8) is 0 Å². The van der Waals surface area contributed by atoms with Gasteiger partial charge in [-0.05, 0) is 58.7 Å². The molecule has 0 spiro atoms. The molecule has 0 aromatic heterocycles. The summed E-state index contributed by atoms with van der Waals surface area (Å²) in [7, 11) is -3.81. The summed E-state index contributed by atoms with van der Waals surface area (Å²) < 4.78 is 29.1. The summed E-state index contributed by atoms with van der Waals surface area (Å²) in [4.78, 5) is 12.8. The largest absolute Gasteiger partial charge is 0.326 e. The van der Waals surface area contributed by atoms with Crippen LogP contribution in [0, 0.1) is 6.92 Å². The van der Waals surface area contributed by atoms with Crippen molar-refractivity contribution in [2.75, 3.05) is 5.32 Å². The molecule has 0 radical (unpaired) electrons. The van der Waals surface area contributed by atoms with Gasteiger partial charge in [0.15, 0.2) is 0 Å². The van der Waals surface area contributed by atoms with Crippen LogP contribution >= 0.6 is 27.5 Å². The van der Waals surface area contributed by atoms with Crippen molar-refractivity contribution < 1.29 is 13.2 Å². The first-order valence-corrected chi connectivity index (χ1v) is 11.8. The van der Waals surface area contributed by atoms with Gasteiger partial charge in [-0.3, -0.25) is 4.79 Å². The lowest BCUT2D eigenvalue weighted by atomic mass is 10.0. The third kappa shape index (κ3) is 5.92. The Labute approximate surface area is 189 Å². The third-order valence-corrected chi connectivity index (χ3v) is 7.13. The second-order valence-electron chi connectivity index (χ2n) is 6.78. The van der Waals surface area contributed by atoms with E-state index in [1.165, 1.54) is 0 Å². The average molecular weight is 508 g/mol. The molecule has 0 bridgehead atoms. The molecule has 1 amide bonds. The minimum Gasteiger partial charge on any atom is -0.326 e. The molecule has 5 nitrogen and oxygen atoms in total. The van der Waals surface area contributed by atoms with Crippen LogP contribution in [0.5, 0.6) is 0 Å². The van der Waals surface area contributed by atoms with Gasteiger partial charge in [0.1, 0.15) is 0 Å². The lowest BCUT2D eigenvalue weighted by Gasteiger charge is -2.19. The summed E-state index contributed by atoms with van der Waals surface area (Å²) in [6, 6.07) is 19.9. The molecule has 30 heavy (non-hydrogen) atoms. The molecule has 0 saturated carbocycles. The van der Waals surface area contributed by atoms with Crippen LogP contribution in [0.1, 0.15) is 23.6 Å². The fraction of sp³-hybridized carbons (Fsp3) is 0.136. The molecule has 0 heterocycles. The molecular weight excluding hydrogens is 488 g/mol. The number of benzene rings is 3. The second-order valence-corrected chi connectivity index (χ2v) is 9.75. The molecule has 156 valence electrons. The van der Waals surface area contributed by atoms with Gasteiger partial charge in [0.25, 0.3) is 0 Å². The van der Waals surface area contributed by atoms with Crippen molar-refractivity contribution in [1.82, 2.24) is 4.72 Å². The summed E-state index contributed by atoms with van der Waals surface area (Å²) in [5.74, 6) is -0.329. The van der Waals surface area contributed by atoms with E-state index in [4.69, 9.17) is 11.6 Å². The minimum atomic E-state index is -3.81. The number of carbonyl (C=O) groups is 1. The Balaban J connectivity index is 1.81. The van der Waals surface area contributed by atoms with E-state index < -0.39 is 16.1 Å². The van der Waals surface area contributed by atoms with Crippen molar-refractivity contribution in [2.24, 2.45) is 0 Å². The zero-order valence-electron chi connectivity index (χ0n) is 16.1.